The van der Waals surface area contributed by atoms with Crippen molar-refractivity contribution in [1.82, 2.24) is 9.80 Å². The van der Waals surface area contributed by atoms with E-state index < -0.39 is 64.4 Å². The van der Waals surface area contributed by atoms with Crippen molar-refractivity contribution in [1.29, 1.82) is 0 Å². The van der Waals surface area contributed by atoms with Gasteiger partial charge in [-0.15, -0.1) is 0 Å². The largest absolute Gasteiger partial charge is 0.507 e. The number of benzene rings is 1. The number of rotatable bonds is 5. The summed E-state index contributed by atoms with van der Waals surface area (Å²) < 4.78 is 0. The number of aliphatic hydroxyl groups is 2. The van der Waals surface area contributed by atoms with E-state index in [1.807, 2.05) is 19.0 Å². The summed E-state index contributed by atoms with van der Waals surface area (Å²) in [5, 5.41) is 32.7. The van der Waals surface area contributed by atoms with Crippen LogP contribution in [0.4, 0.5) is 5.69 Å². The molecule has 3 fully saturated rings. The molecule has 0 bridgehead atoms. The molecule has 0 spiro atoms. The zero-order chi connectivity index (χ0) is 30.1. The minimum atomic E-state index is -2.74. The third-order valence-electron chi connectivity index (χ3n) is 9.51. The molecule has 5 N–H and O–H groups in total. The second-order valence-electron chi connectivity index (χ2n) is 12.4. The number of nitrogens with two attached hydrogens (primary N) is 1. The number of aliphatic hydroxyl groups excluding tert-OH is 1. The first-order valence-electron chi connectivity index (χ1n) is 14.0. The normalized spacial score (nSPS) is 32.5. The number of ketones is 4. The second kappa shape index (κ2) is 10.3. The van der Waals surface area contributed by atoms with E-state index in [1.54, 1.807) is 14.1 Å². The minimum absolute atomic E-state index is 0.00572. The third kappa shape index (κ3) is 4.39. The predicted octanol–water partition coefficient (Wildman–Crippen LogP) is -1.11. The van der Waals surface area contributed by atoms with Crippen LogP contribution in [0.1, 0.15) is 40.7 Å². The lowest BCUT2D eigenvalue weighted by Crippen LogP contribution is -2.74. The van der Waals surface area contributed by atoms with Crippen LogP contribution in [0, 0.1) is 23.7 Å². The molecule has 5 rings (SSSR count). The van der Waals surface area contributed by atoms with Gasteiger partial charge < -0.3 is 26.0 Å². The van der Waals surface area contributed by atoms with Crippen molar-refractivity contribution in [2.24, 2.45) is 29.4 Å². The first-order valence-corrected chi connectivity index (χ1v) is 14.0. The smallest absolute Gasteiger partial charge is 0.235 e. The molecule has 6 atom stereocenters. The first-order chi connectivity index (χ1) is 19.2. The van der Waals surface area contributed by atoms with Crippen molar-refractivity contribution >= 4 is 34.7 Å². The van der Waals surface area contributed by atoms with Crippen molar-refractivity contribution in [3.63, 3.8) is 0 Å². The standard InChI is InChI=1S/C29H38N4O8/c1-31(2)22-14(12-33-7-5-15(34)6-8-33)11-18(35)20-16(22)9-13-10-17-23(32(3)4)25(37)21(28(30)40)27(39)29(17,41)26(38)19(13)24(20)36/h11,13,15,17,19,21,23,34-35,41H,5-10,12H2,1-4H3,(H2,30,40)/t13-,17-,19?,21?,23-,29-/m0/s1. The number of phenols is 1. The lowest BCUT2D eigenvalue weighted by Gasteiger charge is -2.52. The first kappa shape index (κ1) is 29.3. The summed E-state index contributed by atoms with van der Waals surface area (Å²) in [7, 11) is 6.79. The van der Waals surface area contributed by atoms with E-state index >= 15 is 0 Å². The zero-order valence-electron chi connectivity index (χ0n) is 23.8. The van der Waals surface area contributed by atoms with Crippen LogP contribution in [-0.2, 0) is 32.1 Å². The van der Waals surface area contributed by atoms with E-state index in [0.717, 1.165) is 11.3 Å². The van der Waals surface area contributed by atoms with Crippen molar-refractivity contribution in [3.05, 3.63) is 22.8 Å². The molecule has 1 aromatic carbocycles. The predicted molar refractivity (Wildman–Crippen MR) is 146 cm³/mol. The van der Waals surface area contributed by atoms with Crippen LogP contribution in [-0.4, -0.2) is 113 Å². The van der Waals surface area contributed by atoms with Crippen LogP contribution in [0.2, 0.25) is 0 Å². The van der Waals surface area contributed by atoms with Gasteiger partial charge in [0, 0.05) is 45.3 Å². The van der Waals surface area contributed by atoms with Gasteiger partial charge >= 0.3 is 0 Å². The van der Waals surface area contributed by atoms with Gasteiger partial charge in [-0.2, -0.15) is 0 Å². The Morgan fingerprint density at radius 2 is 1.73 bits per heavy atom. The number of nitrogens with zero attached hydrogens (tertiary/aromatic N) is 3. The Kier molecular flexibility index (Phi) is 7.34. The van der Waals surface area contributed by atoms with Gasteiger partial charge in [-0.1, -0.05) is 0 Å². The quantitative estimate of drug-likeness (QED) is 0.315. The van der Waals surface area contributed by atoms with Crippen molar-refractivity contribution in [2.45, 2.75) is 50.0 Å². The van der Waals surface area contributed by atoms with E-state index in [0.29, 0.717) is 38.0 Å². The number of aromatic hydroxyl groups is 1. The van der Waals surface area contributed by atoms with Gasteiger partial charge in [0.25, 0.3) is 0 Å². The number of carbonyl (C=O) groups is 5. The maximum Gasteiger partial charge on any atom is 0.235 e. The van der Waals surface area contributed by atoms with E-state index in [1.165, 1.54) is 11.0 Å². The summed E-state index contributed by atoms with van der Waals surface area (Å²) in [5.74, 6) is -10.6. The molecule has 0 radical (unpaired) electrons. The highest BCUT2D eigenvalue weighted by Crippen LogP contribution is 2.52. The molecule has 0 aromatic heterocycles. The summed E-state index contributed by atoms with van der Waals surface area (Å²) in [6.07, 6.45) is 1.16. The molecule has 1 heterocycles. The Bertz CT molecular complexity index is 1330. The van der Waals surface area contributed by atoms with Gasteiger partial charge in [0.05, 0.1) is 23.6 Å². The van der Waals surface area contributed by atoms with Crippen LogP contribution < -0.4 is 10.6 Å². The van der Waals surface area contributed by atoms with Crippen molar-refractivity contribution in [3.8, 4) is 5.75 Å². The molecule has 2 unspecified atom stereocenters. The lowest BCUT2D eigenvalue weighted by atomic mass is 9.52. The number of anilines is 1. The number of hydrogen-bond acceptors (Lipinski definition) is 11. The number of phenolic OH excluding ortho intramolecular Hbond substituents is 1. The van der Waals surface area contributed by atoms with Gasteiger partial charge in [-0.05, 0) is 62.9 Å². The average Bonchev–Trinajstić information content (AvgIpc) is 2.86. The molecule has 41 heavy (non-hydrogen) atoms. The molecule has 1 aromatic rings. The van der Waals surface area contributed by atoms with E-state index in [9.17, 15) is 39.3 Å². The molecule has 1 saturated heterocycles. The number of fused-ring (bicyclic) bond motifs is 3. The van der Waals surface area contributed by atoms with E-state index in [4.69, 9.17) is 5.73 Å². The summed E-state index contributed by atoms with van der Waals surface area (Å²) >= 11 is 0. The number of piperidine rings is 1. The Morgan fingerprint density at radius 1 is 1.10 bits per heavy atom. The van der Waals surface area contributed by atoms with Crippen molar-refractivity contribution < 1.29 is 39.3 Å². The summed E-state index contributed by atoms with van der Waals surface area (Å²) in [6, 6.07) is 0.386. The average molecular weight is 571 g/mol. The number of Topliss-reactive ketones (excluding diaryl/α,β-unsaturated/α-hetero) is 4. The fourth-order valence-electron chi connectivity index (χ4n) is 7.72. The Labute approximate surface area is 238 Å². The summed E-state index contributed by atoms with van der Waals surface area (Å²) in [5.41, 5.74) is 4.74. The number of likely N-dealkylation sites (tertiary alicyclic amines) is 1. The summed E-state index contributed by atoms with van der Waals surface area (Å²) in [6.45, 7) is 1.86. The highest BCUT2D eigenvalue weighted by molar-refractivity contribution is 6.32. The maximum atomic E-state index is 14.0. The van der Waals surface area contributed by atoms with Crippen LogP contribution in [0.3, 0.4) is 0 Å². The molecule has 1 aliphatic heterocycles. The molecule has 2 saturated carbocycles. The van der Waals surface area contributed by atoms with Gasteiger partial charge in [-0.25, -0.2) is 0 Å². The number of primary amides is 1. The SMILES string of the molecule is CN(C)c1c(CN2CCC(O)CC2)cc(O)c2c1C[C@H]1C[C@H]3[C@H](N(C)C)C(=O)C(C(N)=O)C(=O)[C@@]3(O)C(=O)C1C2=O. The molecule has 12 heteroatoms. The molecule has 12 nitrogen and oxygen atoms in total. The topological polar surface area (TPSA) is 182 Å². The van der Waals surface area contributed by atoms with E-state index in [2.05, 4.69) is 4.90 Å². The lowest BCUT2D eigenvalue weighted by molar-refractivity contribution is -0.181. The van der Waals surface area contributed by atoms with Gasteiger partial charge in [0.2, 0.25) is 5.91 Å². The fraction of sp³-hybridized carbons (Fsp3) is 0.621. The Hall–Kier alpha value is -3.19. The minimum Gasteiger partial charge on any atom is -0.507 e. The fourth-order valence-corrected chi connectivity index (χ4v) is 7.72. The highest BCUT2D eigenvalue weighted by atomic mass is 16.3. The number of hydrogen-bond donors (Lipinski definition) is 4. The Morgan fingerprint density at radius 3 is 2.29 bits per heavy atom. The molecule has 1 amide bonds. The van der Waals surface area contributed by atoms with Gasteiger partial charge in [0.1, 0.15) is 5.75 Å². The Balaban J connectivity index is 1.59. The number of carbonyl (C=O) groups excluding carboxylic acids is 5. The van der Waals surface area contributed by atoms with Crippen LogP contribution in [0.25, 0.3) is 0 Å². The maximum absolute atomic E-state index is 14.0. The molecular weight excluding hydrogens is 532 g/mol. The summed E-state index contributed by atoms with van der Waals surface area (Å²) in [4.78, 5) is 72.3. The molecule has 222 valence electrons. The van der Waals surface area contributed by atoms with Crippen molar-refractivity contribution in [2.75, 3.05) is 46.2 Å². The van der Waals surface area contributed by atoms with Crippen LogP contribution >= 0.6 is 0 Å². The third-order valence-corrected chi connectivity index (χ3v) is 9.51. The van der Waals surface area contributed by atoms with E-state index in [-0.39, 0.29) is 30.3 Å². The van der Waals surface area contributed by atoms with Gasteiger partial charge in [-0.3, -0.25) is 33.8 Å². The molecular formula is C29H38N4O8. The monoisotopic (exact) mass is 570 g/mol. The zero-order valence-corrected chi connectivity index (χ0v) is 23.8. The molecule has 4 aliphatic rings. The van der Waals surface area contributed by atoms with Gasteiger partial charge in [0.15, 0.2) is 34.7 Å². The molecule has 3 aliphatic carbocycles. The highest BCUT2D eigenvalue weighted by Gasteiger charge is 2.69. The number of likely N-dealkylation sites (N-methyl/N-ethyl adjacent to an activating group) is 1. The van der Waals surface area contributed by atoms with Crippen LogP contribution in [0.15, 0.2) is 6.07 Å². The number of amides is 1. The second-order valence-corrected chi connectivity index (χ2v) is 12.4. The van der Waals surface area contributed by atoms with Crippen LogP contribution in [0.5, 0.6) is 5.75 Å².